The first-order valence-corrected chi connectivity index (χ1v) is 4.68. The molecule has 0 saturated heterocycles. The van der Waals surface area contributed by atoms with Gasteiger partial charge in [-0.15, -0.1) is 0 Å². The summed E-state index contributed by atoms with van der Waals surface area (Å²) in [7, 11) is 0. The van der Waals surface area contributed by atoms with Crippen LogP contribution in [0.2, 0.25) is 0 Å². The maximum atomic E-state index is 3.87. The van der Waals surface area contributed by atoms with E-state index in [1.165, 1.54) is 22.9 Å². The standard InChI is InChI=1S/C10H10Br/c1-7-2-5-9(8-3-4-8)10(11)6-7/h2,5-6,8H,1,3-4H2. The van der Waals surface area contributed by atoms with Gasteiger partial charge in [0.05, 0.1) is 0 Å². The monoisotopic (exact) mass is 209 g/mol. The van der Waals surface area contributed by atoms with Gasteiger partial charge in [0, 0.05) is 4.47 Å². The van der Waals surface area contributed by atoms with E-state index >= 15 is 0 Å². The molecule has 1 radical (unpaired) electrons. The third kappa shape index (κ3) is 1.48. The predicted octanol–water partition coefficient (Wildman–Crippen LogP) is 3.51. The van der Waals surface area contributed by atoms with Gasteiger partial charge < -0.3 is 0 Å². The molecule has 0 atom stereocenters. The van der Waals surface area contributed by atoms with Crippen LogP contribution in [0.15, 0.2) is 22.7 Å². The number of hydrogen-bond donors (Lipinski definition) is 0. The Morgan fingerprint density at radius 2 is 2.09 bits per heavy atom. The number of benzene rings is 1. The van der Waals surface area contributed by atoms with Gasteiger partial charge in [-0.1, -0.05) is 28.1 Å². The maximum Gasteiger partial charge on any atom is 0.0212 e. The lowest BCUT2D eigenvalue weighted by molar-refractivity contribution is 1.11. The summed E-state index contributed by atoms with van der Waals surface area (Å²) in [5.41, 5.74) is 2.54. The fourth-order valence-electron chi connectivity index (χ4n) is 1.30. The van der Waals surface area contributed by atoms with Crippen LogP contribution < -0.4 is 0 Å². The van der Waals surface area contributed by atoms with Crippen LogP contribution in [-0.4, -0.2) is 0 Å². The Balaban J connectivity index is 2.39. The summed E-state index contributed by atoms with van der Waals surface area (Å²) in [6, 6.07) is 6.36. The van der Waals surface area contributed by atoms with Crippen LogP contribution in [0.4, 0.5) is 0 Å². The van der Waals surface area contributed by atoms with Gasteiger partial charge in [0.25, 0.3) is 0 Å². The molecule has 57 valence electrons. The summed E-state index contributed by atoms with van der Waals surface area (Å²) >= 11 is 3.55. The molecule has 1 aliphatic rings. The van der Waals surface area contributed by atoms with Crippen molar-refractivity contribution in [1.82, 2.24) is 0 Å². The van der Waals surface area contributed by atoms with Crippen LogP contribution in [-0.2, 0) is 0 Å². The third-order valence-corrected chi connectivity index (χ3v) is 2.77. The van der Waals surface area contributed by atoms with Crippen LogP contribution >= 0.6 is 15.9 Å². The molecule has 0 N–H and O–H groups in total. The normalized spacial score (nSPS) is 16.9. The molecule has 0 spiro atoms. The zero-order valence-electron chi connectivity index (χ0n) is 6.31. The molecule has 1 fully saturated rings. The molecule has 1 aromatic rings. The molecule has 0 amide bonds. The Morgan fingerprint density at radius 1 is 1.36 bits per heavy atom. The van der Waals surface area contributed by atoms with Crippen molar-refractivity contribution < 1.29 is 0 Å². The zero-order chi connectivity index (χ0) is 7.84. The number of rotatable bonds is 1. The van der Waals surface area contributed by atoms with Gasteiger partial charge in [-0.3, -0.25) is 0 Å². The lowest BCUT2D eigenvalue weighted by Gasteiger charge is -2.02. The molecule has 0 aliphatic heterocycles. The summed E-state index contributed by atoms with van der Waals surface area (Å²) in [6.45, 7) is 3.87. The van der Waals surface area contributed by atoms with Crippen molar-refractivity contribution in [2.45, 2.75) is 18.8 Å². The fraction of sp³-hybridized carbons (Fsp3) is 0.300. The highest BCUT2D eigenvalue weighted by Gasteiger charge is 2.24. The van der Waals surface area contributed by atoms with Gasteiger partial charge in [0.15, 0.2) is 0 Å². The Morgan fingerprint density at radius 3 is 2.64 bits per heavy atom. The van der Waals surface area contributed by atoms with E-state index in [-0.39, 0.29) is 0 Å². The summed E-state index contributed by atoms with van der Waals surface area (Å²) < 4.78 is 1.23. The van der Waals surface area contributed by atoms with Crippen molar-refractivity contribution in [2.75, 3.05) is 0 Å². The summed E-state index contributed by atoms with van der Waals surface area (Å²) in [5, 5.41) is 0. The quantitative estimate of drug-likeness (QED) is 0.665. The fourth-order valence-corrected chi connectivity index (χ4v) is 2.05. The minimum absolute atomic E-state index is 0.824. The number of halogens is 1. The molecule has 2 rings (SSSR count). The lowest BCUT2D eigenvalue weighted by atomic mass is 10.1. The lowest BCUT2D eigenvalue weighted by Crippen LogP contribution is -1.82. The molecular formula is C10H10Br. The average molecular weight is 210 g/mol. The molecule has 1 saturated carbocycles. The molecule has 11 heavy (non-hydrogen) atoms. The van der Waals surface area contributed by atoms with Gasteiger partial charge in [0.1, 0.15) is 0 Å². The minimum Gasteiger partial charge on any atom is -0.0587 e. The van der Waals surface area contributed by atoms with E-state index in [4.69, 9.17) is 0 Å². The second-order valence-corrected chi connectivity index (χ2v) is 3.98. The molecule has 0 bridgehead atoms. The molecule has 0 heterocycles. The van der Waals surface area contributed by atoms with Crippen LogP contribution in [0, 0.1) is 6.92 Å². The Kier molecular flexibility index (Phi) is 1.76. The average Bonchev–Trinajstić information content (AvgIpc) is 2.70. The molecule has 0 nitrogen and oxygen atoms in total. The van der Waals surface area contributed by atoms with Crippen LogP contribution in [0.3, 0.4) is 0 Å². The van der Waals surface area contributed by atoms with Gasteiger partial charge in [0.2, 0.25) is 0 Å². The van der Waals surface area contributed by atoms with Crippen molar-refractivity contribution in [2.24, 2.45) is 0 Å². The van der Waals surface area contributed by atoms with Crippen LogP contribution in [0.25, 0.3) is 0 Å². The van der Waals surface area contributed by atoms with Crippen molar-refractivity contribution in [3.05, 3.63) is 40.7 Å². The number of hydrogen-bond acceptors (Lipinski definition) is 0. The molecule has 0 unspecified atom stereocenters. The second-order valence-electron chi connectivity index (χ2n) is 3.13. The highest BCUT2D eigenvalue weighted by molar-refractivity contribution is 9.10. The van der Waals surface area contributed by atoms with Gasteiger partial charge in [-0.25, -0.2) is 0 Å². The Bertz CT molecular complexity index is 274. The van der Waals surface area contributed by atoms with Gasteiger partial charge in [-0.2, -0.15) is 0 Å². The first-order valence-electron chi connectivity index (χ1n) is 3.89. The molecule has 1 aliphatic carbocycles. The molecule has 1 heteroatoms. The summed E-state index contributed by atoms with van der Waals surface area (Å²) in [4.78, 5) is 0. The topological polar surface area (TPSA) is 0 Å². The SMILES string of the molecule is [CH2]c1ccc(C2CC2)c(Br)c1. The third-order valence-electron chi connectivity index (χ3n) is 2.08. The van der Waals surface area contributed by atoms with Crippen molar-refractivity contribution >= 4 is 15.9 Å². The highest BCUT2D eigenvalue weighted by Crippen LogP contribution is 2.43. The molecule has 0 aromatic heterocycles. The predicted molar refractivity (Wildman–Crippen MR) is 50.6 cm³/mol. The maximum absolute atomic E-state index is 3.87. The van der Waals surface area contributed by atoms with E-state index in [1.807, 2.05) is 0 Å². The Labute approximate surface area is 75.8 Å². The minimum atomic E-state index is 0.824. The van der Waals surface area contributed by atoms with Gasteiger partial charge in [-0.05, 0) is 42.9 Å². The zero-order valence-corrected chi connectivity index (χ0v) is 7.89. The van der Waals surface area contributed by atoms with Crippen molar-refractivity contribution in [3.8, 4) is 0 Å². The van der Waals surface area contributed by atoms with Crippen LogP contribution in [0.5, 0.6) is 0 Å². The first kappa shape index (κ1) is 7.35. The van der Waals surface area contributed by atoms with Crippen LogP contribution in [0.1, 0.15) is 29.9 Å². The van der Waals surface area contributed by atoms with E-state index in [0.717, 1.165) is 11.5 Å². The second kappa shape index (κ2) is 2.63. The largest absolute Gasteiger partial charge is 0.0587 e. The first-order chi connectivity index (χ1) is 5.27. The summed E-state index contributed by atoms with van der Waals surface area (Å²) in [5.74, 6) is 0.824. The van der Waals surface area contributed by atoms with E-state index in [2.05, 4.69) is 41.1 Å². The molecular weight excluding hydrogens is 200 g/mol. The molecule has 1 aromatic carbocycles. The Hall–Kier alpha value is -0.300. The van der Waals surface area contributed by atoms with Gasteiger partial charge >= 0.3 is 0 Å². The van der Waals surface area contributed by atoms with E-state index in [0.29, 0.717) is 0 Å². The summed E-state index contributed by atoms with van der Waals surface area (Å²) in [6.07, 6.45) is 2.71. The highest BCUT2D eigenvalue weighted by atomic mass is 79.9. The van der Waals surface area contributed by atoms with E-state index in [1.54, 1.807) is 0 Å². The smallest absolute Gasteiger partial charge is 0.0212 e. The van der Waals surface area contributed by atoms with Crippen molar-refractivity contribution in [3.63, 3.8) is 0 Å². The van der Waals surface area contributed by atoms with E-state index < -0.39 is 0 Å². The van der Waals surface area contributed by atoms with E-state index in [9.17, 15) is 0 Å². The van der Waals surface area contributed by atoms with Crippen molar-refractivity contribution in [1.29, 1.82) is 0 Å².